The topological polar surface area (TPSA) is 63.2 Å². The van der Waals surface area contributed by atoms with Gasteiger partial charge in [0.1, 0.15) is 0 Å². The molecule has 0 radical (unpaired) electrons. The van der Waals surface area contributed by atoms with E-state index in [-0.39, 0.29) is 5.91 Å². The zero-order valence-corrected chi connectivity index (χ0v) is 14.3. The van der Waals surface area contributed by atoms with Crippen LogP contribution in [0.1, 0.15) is 12.6 Å². The largest absolute Gasteiger partial charge is 0.326 e. The summed E-state index contributed by atoms with van der Waals surface area (Å²) in [5, 5.41) is 13.8. The van der Waals surface area contributed by atoms with E-state index >= 15 is 0 Å². The van der Waals surface area contributed by atoms with E-state index in [9.17, 15) is 4.79 Å². The first-order chi connectivity index (χ1) is 12.1. The summed E-state index contributed by atoms with van der Waals surface area (Å²) in [5.41, 5.74) is 3.66. The van der Waals surface area contributed by atoms with E-state index in [4.69, 9.17) is 0 Å². The highest BCUT2D eigenvalue weighted by Crippen LogP contribution is 2.24. The number of aromatic nitrogens is 4. The second-order valence-electron chi connectivity index (χ2n) is 6.07. The molecule has 0 spiro atoms. The fraction of sp³-hybridized carbons (Fsp3) is 0.158. The lowest BCUT2D eigenvalue weighted by Gasteiger charge is -2.06. The summed E-state index contributed by atoms with van der Waals surface area (Å²) in [6.45, 7) is 3.58. The van der Waals surface area contributed by atoms with Gasteiger partial charge in [-0.05, 0) is 30.3 Å². The highest BCUT2D eigenvalue weighted by Gasteiger charge is 2.21. The van der Waals surface area contributed by atoms with Crippen LogP contribution in [0.15, 0.2) is 48.5 Å². The van der Waals surface area contributed by atoms with E-state index in [0.29, 0.717) is 0 Å². The van der Waals surface area contributed by atoms with Crippen molar-refractivity contribution in [2.75, 3.05) is 5.32 Å². The number of nitrogens with one attached hydrogen (secondary N) is 1. The number of anilines is 1. The number of benzene rings is 2. The maximum Gasteiger partial charge on any atom is 0.225 e. The van der Waals surface area contributed by atoms with E-state index in [2.05, 4.69) is 39.3 Å². The molecule has 2 heterocycles. The number of hydrogen-bond donors (Lipinski definition) is 1. The van der Waals surface area contributed by atoms with Crippen LogP contribution in [0.3, 0.4) is 0 Å². The van der Waals surface area contributed by atoms with E-state index in [0.717, 1.165) is 39.2 Å². The van der Waals surface area contributed by atoms with Gasteiger partial charge in [0, 0.05) is 30.5 Å². The number of amides is 1. The monoisotopic (exact) mass is 332 g/mol. The van der Waals surface area contributed by atoms with Gasteiger partial charge < -0.3 is 5.32 Å². The Balaban J connectivity index is 1.93. The summed E-state index contributed by atoms with van der Waals surface area (Å²) < 4.78 is 4.08. The van der Waals surface area contributed by atoms with Gasteiger partial charge in [-0.25, -0.2) is 0 Å². The Morgan fingerprint density at radius 1 is 1.04 bits per heavy atom. The molecular weight excluding hydrogens is 314 g/mol. The second-order valence-corrected chi connectivity index (χ2v) is 6.07. The van der Waals surface area contributed by atoms with E-state index in [1.165, 1.54) is 6.92 Å². The molecule has 1 amide bonds. The Bertz CT molecular complexity index is 1110. The first kappa shape index (κ1) is 15.3. The normalized spacial score (nSPS) is 11.2. The predicted octanol–water partition coefficient (Wildman–Crippen LogP) is 2.64. The van der Waals surface area contributed by atoms with Crippen molar-refractivity contribution in [2.45, 2.75) is 13.8 Å². The van der Waals surface area contributed by atoms with Crippen LogP contribution in [0.2, 0.25) is 0 Å². The molecule has 4 aromatic rings. The van der Waals surface area contributed by atoms with Crippen molar-refractivity contribution in [1.29, 1.82) is 0 Å². The number of fused-ring (bicyclic) bond motifs is 3. The first-order valence-corrected chi connectivity index (χ1v) is 8.07. The number of carbonyl (C=O) groups excluding carboxylic acids is 1. The summed E-state index contributed by atoms with van der Waals surface area (Å²) in [6.07, 6.45) is 0. The average molecular weight is 332 g/mol. The van der Waals surface area contributed by atoms with E-state index in [1.807, 2.05) is 48.0 Å². The molecule has 0 atom stereocenters. The summed E-state index contributed by atoms with van der Waals surface area (Å²) >= 11 is 0. The van der Waals surface area contributed by atoms with Gasteiger partial charge in [-0.15, -0.1) is 14.9 Å². The van der Waals surface area contributed by atoms with E-state index < -0.39 is 0 Å². The number of hydrogen-bond acceptors (Lipinski definition) is 3. The van der Waals surface area contributed by atoms with Gasteiger partial charge in [0.05, 0.1) is 5.39 Å². The van der Waals surface area contributed by atoms with Crippen molar-refractivity contribution in [2.24, 2.45) is 7.05 Å². The van der Waals surface area contributed by atoms with Crippen molar-refractivity contribution in [3.63, 3.8) is 0 Å². The maximum atomic E-state index is 11.2. The van der Waals surface area contributed by atoms with Crippen molar-refractivity contribution in [3.05, 3.63) is 54.2 Å². The molecule has 0 aliphatic carbocycles. The molecule has 0 aliphatic rings. The minimum atomic E-state index is -0.0887. The van der Waals surface area contributed by atoms with Crippen LogP contribution in [0.5, 0.6) is 0 Å². The minimum absolute atomic E-state index is 0.0887. The van der Waals surface area contributed by atoms with Gasteiger partial charge in [0.25, 0.3) is 0 Å². The Kier molecular flexibility index (Phi) is 3.46. The third-order valence-electron chi connectivity index (χ3n) is 4.45. The van der Waals surface area contributed by atoms with Gasteiger partial charge in [0.15, 0.2) is 7.05 Å². The summed E-state index contributed by atoms with van der Waals surface area (Å²) in [4.78, 5) is 11.2. The van der Waals surface area contributed by atoms with Crippen LogP contribution in [0.25, 0.3) is 27.8 Å². The number of nitrogens with zero attached hydrogens (tertiary/aromatic N) is 4. The van der Waals surface area contributed by atoms with Crippen LogP contribution >= 0.6 is 0 Å². The Hall–Kier alpha value is -3.28. The fourth-order valence-corrected chi connectivity index (χ4v) is 3.14. The molecule has 0 saturated heterocycles. The van der Waals surface area contributed by atoms with Crippen LogP contribution in [0, 0.1) is 6.92 Å². The van der Waals surface area contributed by atoms with Gasteiger partial charge >= 0.3 is 0 Å². The summed E-state index contributed by atoms with van der Waals surface area (Å²) in [6, 6.07) is 15.8. The van der Waals surface area contributed by atoms with Gasteiger partial charge in [-0.1, -0.05) is 22.7 Å². The zero-order valence-electron chi connectivity index (χ0n) is 14.3. The molecule has 2 aromatic carbocycles. The number of carbonyl (C=O) groups is 1. The fourth-order valence-electron chi connectivity index (χ4n) is 3.14. The molecule has 25 heavy (non-hydrogen) atoms. The molecule has 0 fully saturated rings. The van der Waals surface area contributed by atoms with Crippen molar-refractivity contribution in [1.82, 2.24) is 14.7 Å². The lowest BCUT2D eigenvalue weighted by atomic mass is 10.1. The Labute approximate surface area is 144 Å². The molecule has 0 bridgehead atoms. The van der Waals surface area contributed by atoms with Crippen molar-refractivity contribution < 1.29 is 9.48 Å². The van der Waals surface area contributed by atoms with Gasteiger partial charge in [0.2, 0.25) is 23.1 Å². The molecule has 124 valence electrons. The zero-order chi connectivity index (χ0) is 17.6. The maximum absolute atomic E-state index is 11.2. The molecule has 0 aliphatic heterocycles. The highest BCUT2D eigenvalue weighted by molar-refractivity contribution is 5.94. The van der Waals surface area contributed by atoms with Crippen LogP contribution in [0.4, 0.5) is 5.69 Å². The molecule has 4 rings (SSSR count). The van der Waals surface area contributed by atoms with Gasteiger partial charge in [-0.3, -0.25) is 4.79 Å². The molecule has 0 saturated carbocycles. The lowest BCUT2D eigenvalue weighted by molar-refractivity contribution is -0.744. The number of aryl methyl sites for hydroxylation is 2. The standard InChI is InChI=1S/C19H17N5O/c1-12-16-6-4-5-7-17(16)19-22-21-18(24(19)23(12)3)14-8-10-15(11-9-14)20-13(2)25/h4-11H,1-3H3/p+1. The SMILES string of the molecule is CC(=O)Nc1ccc(-c2nnc3c4ccccc4c(C)[n+](C)n23)cc1. The van der Waals surface area contributed by atoms with Crippen molar-refractivity contribution in [3.8, 4) is 11.4 Å². The molecular formula is C19H18N5O+. The smallest absolute Gasteiger partial charge is 0.225 e. The average Bonchev–Trinajstić information content (AvgIpc) is 3.05. The van der Waals surface area contributed by atoms with Crippen LogP contribution in [-0.4, -0.2) is 20.6 Å². The molecule has 0 unspecified atom stereocenters. The molecule has 6 heteroatoms. The minimum Gasteiger partial charge on any atom is -0.326 e. The third-order valence-corrected chi connectivity index (χ3v) is 4.45. The second kappa shape index (κ2) is 5.66. The Morgan fingerprint density at radius 3 is 2.40 bits per heavy atom. The summed E-state index contributed by atoms with van der Waals surface area (Å²) in [7, 11) is 2.01. The van der Waals surface area contributed by atoms with E-state index in [1.54, 1.807) is 0 Å². The van der Waals surface area contributed by atoms with Crippen LogP contribution < -0.4 is 10.00 Å². The molecule has 6 nitrogen and oxygen atoms in total. The highest BCUT2D eigenvalue weighted by atomic mass is 16.1. The lowest BCUT2D eigenvalue weighted by Crippen LogP contribution is -2.41. The summed E-state index contributed by atoms with van der Waals surface area (Å²) in [5.74, 6) is 0.676. The molecule has 1 N–H and O–H groups in total. The quantitative estimate of drug-likeness (QED) is 0.574. The van der Waals surface area contributed by atoms with Crippen LogP contribution in [-0.2, 0) is 11.8 Å². The predicted molar refractivity (Wildman–Crippen MR) is 96.1 cm³/mol. The third kappa shape index (κ3) is 2.42. The Morgan fingerprint density at radius 2 is 1.72 bits per heavy atom. The van der Waals surface area contributed by atoms with Gasteiger partial charge in [-0.2, -0.15) is 0 Å². The number of rotatable bonds is 2. The molecule has 2 aromatic heterocycles. The first-order valence-electron chi connectivity index (χ1n) is 8.07. The van der Waals surface area contributed by atoms with Crippen molar-refractivity contribution >= 4 is 28.0 Å².